The summed E-state index contributed by atoms with van der Waals surface area (Å²) in [4.78, 5) is 48.9. The number of carboxylic acid groups (broad SMARTS) is 1. The van der Waals surface area contributed by atoms with Crippen LogP contribution >= 0.6 is 0 Å². The summed E-state index contributed by atoms with van der Waals surface area (Å²) in [7, 11) is 0. The normalized spacial score (nSPS) is 21.6. The van der Waals surface area contributed by atoms with Crippen LogP contribution in [0, 0.1) is 11.8 Å². The van der Waals surface area contributed by atoms with Crippen molar-refractivity contribution in [3.63, 3.8) is 0 Å². The summed E-state index contributed by atoms with van der Waals surface area (Å²) in [5, 5.41) is 17.3. The first-order chi connectivity index (χ1) is 13.4. The van der Waals surface area contributed by atoms with Crippen LogP contribution in [-0.4, -0.2) is 72.5 Å². The topological polar surface area (TPSA) is 128 Å². The van der Waals surface area contributed by atoms with Gasteiger partial charge in [0.25, 0.3) is 0 Å². The first kappa shape index (κ1) is 22.1. The number of carbonyl (C=O) groups excluding carboxylic acids is 3. The Bertz CT molecular complexity index is 577. The molecule has 1 unspecified atom stereocenters. The highest BCUT2D eigenvalue weighted by Gasteiger charge is 2.29. The zero-order valence-corrected chi connectivity index (χ0v) is 16.5. The van der Waals surface area contributed by atoms with Crippen molar-refractivity contribution in [3.05, 3.63) is 0 Å². The molecule has 0 spiro atoms. The fraction of sp³-hybridized carbons (Fsp3) is 0.789. The van der Waals surface area contributed by atoms with Gasteiger partial charge in [0.2, 0.25) is 17.7 Å². The van der Waals surface area contributed by atoms with Crippen LogP contribution in [0.25, 0.3) is 0 Å². The van der Waals surface area contributed by atoms with Gasteiger partial charge in [-0.05, 0) is 51.1 Å². The number of nitrogens with zero attached hydrogens (tertiary/aromatic N) is 1. The Labute approximate surface area is 165 Å². The van der Waals surface area contributed by atoms with E-state index in [1.807, 2.05) is 0 Å². The largest absolute Gasteiger partial charge is 0.480 e. The van der Waals surface area contributed by atoms with Crippen LogP contribution < -0.4 is 16.0 Å². The van der Waals surface area contributed by atoms with Gasteiger partial charge in [-0.25, -0.2) is 4.79 Å². The molecule has 2 atom stereocenters. The lowest BCUT2D eigenvalue weighted by atomic mass is 9.92. The number of amides is 3. The van der Waals surface area contributed by atoms with Gasteiger partial charge in [-0.15, -0.1) is 0 Å². The third kappa shape index (κ3) is 7.10. The Hall–Kier alpha value is -2.16. The van der Waals surface area contributed by atoms with Crippen molar-refractivity contribution in [2.75, 3.05) is 32.7 Å². The van der Waals surface area contributed by atoms with E-state index in [2.05, 4.69) is 16.0 Å². The van der Waals surface area contributed by atoms with E-state index in [0.717, 1.165) is 38.8 Å². The van der Waals surface area contributed by atoms with Crippen LogP contribution in [0.3, 0.4) is 0 Å². The Balaban J connectivity index is 1.77. The fourth-order valence-electron chi connectivity index (χ4n) is 3.87. The quantitative estimate of drug-likeness (QED) is 0.446. The summed E-state index contributed by atoms with van der Waals surface area (Å²) in [6, 6.07) is -1.16. The van der Waals surface area contributed by atoms with E-state index >= 15 is 0 Å². The predicted molar refractivity (Wildman–Crippen MR) is 102 cm³/mol. The first-order valence-corrected chi connectivity index (χ1v) is 10.1. The van der Waals surface area contributed by atoms with Gasteiger partial charge in [-0.2, -0.15) is 0 Å². The van der Waals surface area contributed by atoms with E-state index in [-0.39, 0.29) is 24.3 Å². The monoisotopic (exact) mass is 396 g/mol. The Morgan fingerprint density at radius 2 is 1.89 bits per heavy atom. The molecule has 0 aromatic carbocycles. The van der Waals surface area contributed by atoms with E-state index in [0.29, 0.717) is 31.8 Å². The predicted octanol–water partition coefficient (Wildman–Crippen LogP) is -0.290. The molecule has 2 heterocycles. The average Bonchev–Trinajstić information content (AvgIpc) is 2.69. The summed E-state index contributed by atoms with van der Waals surface area (Å²) >= 11 is 0. The molecule has 3 amide bonds. The van der Waals surface area contributed by atoms with Crippen molar-refractivity contribution in [2.24, 2.45) is 11.8 Å². The molecule has 2 rings (SSSR count). The fourth-order valence-corrected chi connectivity index (χ4v) is 3.87. The molecule has 0 radical (unpaired) electrons. The van der Waals surface area contributed by atoms with Crippen molar-refractivity contribution in [1.82, 2.24) is 20.9 Å². The average molecular weight is 396 g/mol. The number of aliphatic carboxylic acids is 1. The zero-order valence-electron chi connectivity index (χ0n) is 16.5. The van der Waals surface area contributed by atoms with Gasteiger partial charge in [0.1, 0.15) is 6.04 Å². The van der Waals surface area contributed by atoms with Crippen molar-refractivity contribution in [3.8, 4) is 0 Å². The molecule has 158 valence electrons. The first-order valence-electron chi connectivity index (χ1n) is 10.1. The van der Waals surface area contributed by atoms with Gasteiger partial charge in [-0.3, -0.25) is 14.4 Å². The molecule has 28 heavy (non-hydrogen) atoms. The highest BCUT2D eigenvalue weighted by atomic mass is 16.4. The van der Waals surface area contributed by atoms with Gasteiger partial charge >= 0.3 is 5.97 Å². The van der Waals surface area contributed by atoms with Crippen molar-refractivity contribution in [1.29, 1.82) is 0 Å². The highest BCUT2D eigenvalue weighted by molar-refractivity contribution is 5.84. The number of likely N-dealkylation sites (tertiary alicyclic amines) is 1. The van der Waals surface area contributed by atoms with Crippen molar-refractivity contribution in [2.45, 2.75) is 51.5 Å². The number of hydrogen-bond donors (Lipinski definition) is 4. The minimum absolute atomic E-state index is 0.0951. The minimum Gasteiger partial charge on any atom is -0.480 e. The minimum atomic E-state index is -1.20. The molecule has 2 fully saturated rings. The third-order valence-corrected chi connectivity index (χ3v) is 5.53. The smallest absolute Gasteiger partial charge is 0.328 e. The molecule has 0 aromatic rings. The van der Waals surface area contributed by atoms with E-state index < -0.39 is 17.9 Å². The molecule has 2 aliphatic heterocycles. The lowest BCUT2D eigenvalue weighted by Gasteiger charge is -2.33. The molecule has 0 saturated carbocycles. The summed E-state index contributed by atoms with van der Waals surface area (Å²) in [5.74, 6) is -1.59. The summed E-state index contributed by atoms with van der Waals surface area (Å²) in [6.45, 7) is 4.12. The lowest BCUT2D eigenvalue weighted by molar-refractivity contribution is -0.141. The number of piperidine rings is 2. The number of rotatable bonds is 8. The maximum atomic E-state index is 12.5. The second kappa shape index (κ2) is 11.0. The molecule has 0 aliphatic carbocycles. The van der Waals surface area contributed by atoms with E-state index in [1.165, 1.54) is 6.92 Å². The van der Waals surface area contributed by atoms with Crippen molar-refractivity contribution >= 4 is 23.7 Å². The number of carboxylic acids is 1. The van der Waals surface area contributed by atoms with Crippen LogP contribution in [0.4, 0.5) is 0 Å². The van der Waals surface area contributed by atoms with Crippen LogP contribution in [0.15, 0.2) is 0 Å². The molecule has 9 heteroatoms. The standard InChI is InChI=1S/C19H32N4O5/c1-13(24)22-16(19(27)28)11-21-18(26)15-3-2-10-23(12-15)17(25)5-4-14-6-8-20-9-7-14/h14-16,20H,2-12H2,1H3,(H,21,26)(H,22,24)(H,27,28)/t15?,16-/m0/s1. The van der Waals surface area contributed by atoms with Gasteiger partial charge in [0, 0.05) is 33.0 Å². The molecule has 9 nitrogen and oxygen atoms in total. The van der Waals surface area contributed by atoms with Crippen LogP contribution in [0.5, 0.6) is 0 Å². The molecule has 2 saturated heterocycles. The highest BCUT2D eigenvalue weighted by Crippen LogP contribution is 2.21. The Kier molecular flexibility index (Phi) is 8.69. The summed E-state index contributed by atoms with van der Waals surface area (Å²) in [6.07, 6.45) is 5.05. The number of carbonyl (C=O) groups is 4. The Morgan fingerprint density at radius 1 is 1.18 bits per heavy atom. The molecular formula is C19H32N4O5. The van der Waals surface area contributed by atoms with Crippen LogP contribution in [0.2, 0.25) is 0 Å². The van der Waals surface area contributed by atoms with Gasteiger partial charge in [0.05, 0.1) is 5.92 Å². The number of nitrogens with one attached hydrogen (secondary N) is 3. The third-order valence-electron chi connectivity index (χ3n) is 5.53. The van der Waals surface area contributed by atoms with E-state index in [9.17, 15) is 19.2 Å². The van der Waals surface area contributed by atoms with Gasteiger partial charge in [-0.1, -0.05) is 0 Å². The van der Waals surface area contributed by atoms with Crippen LogP contribution in [0.1, 0.15) is 45.4 Å². The molecule has 0 aromatic heterocycles. The Morgan fingerprint density at radius 3 is 2.54 bits per heavy atom. The van der Waals surface area contributed by atoms with E-state index in [1.54, 1.807) is 4.90 Å². The second-order valence-electron chi connectivity index (χ2n) is 7.75. The molecule has 4 N–H and O–H groups in total. The summed E-state index contributed by atoms with van der Waals surface area (Å²) < 4.78 is 0. The second-order valence-corrected chi connectivity index (χ2v) is 7.75. The SMILES string of the molecule is CC(=O)N[C@@H](CNC(=O)C1CCCN(C(=O)CCC2CCNCC2)C1)C(=O)O. The molecular weight excluding hydrogens is 364 g/mol. The van der Waals surface area contributed by atoms with Crippen molar-refractivity contribution < 1.29 is 24.3 Å². The zero-order chi connectivity index (χ0) is 20.5. The maximum Gasteiger partial charge on any atom is 0.328 e. The van der Waals surface area contributed by atoms with Gasteiger partial charge < -0.3 is 26.0 Å². The molecule has 0 bridgehead atoms. The van der Waals surface area contributed by atoms with Crippen LogP contribution in [-0.2, 0) is 19.2 Å². The maximum absolute atomic E-state index is 12.5. The summed E-state index contributed by atoms with van der Waals surface area (Å²) in [5.41, 5.74) is 0. The van der Waals surface area contributed by atoms with Gasteiger partial charge in [0.15, 0.2) is 0 Å². The lowest BCUT2D eigenvalue weighted by Crippen LogP contribution is -2.51. The van der Waals surface area contributed by atoms with E-state index in [4.69, 9.17) is 5.11 Å². The molecule has 2 aliphatic rings. The number of hydrogen-bond acceptors (Lipinski definition) is 5.